The lowest BCUT2D eigenvalue weighted by Gasteiger charge is -2.60. The Morgan fingerprint density at radius 1 is 1.53 bits per heavy atom. The molecule has 0 aromatic carbocycles. The molecule has 2 heterocycles. The maximum atomic E-state index is 5.87. The van der Waals surface area contributed by atoms with E-state index in [9.17, 15) is 0 Å². The molecule has 2 N–H and O–H groups in total. The highest BCUT2D eigenvalue weighted by Gasteiger charge is 2.57. The van der Waals surface area contributed by atoms with Crippen molar-refractivity contribution in [1.82, 2.24) is 25.9 Å². The van der Waals surface area contributed by atoms with Gasteiger partial charge in [-0.25, -0.2) is 0 Å². The first-order chi connectivity index (χ1) is 8.19. The minimum absolute atomic E-state index is 0.203. The van der Waals surface area contributed by atoms with Crippen LogP contribution in [0.4, 0.5) is 0 Å². The number of hydrogen-bond acceptors (Lipinski definition) is 5. The Balaban J connectivity index is 1.62. The van der Waals surface area contributed by atoms with Gasteiger partial charge in [0.15, 0.2) is 5.82 Å². The molecule has 1 aromatic heterocycles. The van der Waals surface area contributed by atoms with Crippen LogP contribution in [0.15, 0.2) is 0 Å². The first-order valence-electron chi connectivity index (χ1n) is 6.27. The van der Waals surface area contributed by atoms with Crippen LogP contribution >= 0.6 is 0 Å². The number of H-pyrrole nitrogens is 1. The minimum atomic E-state index is 0.203. The lowest BCUT2D eigenvalue weighted by Crippen LogP contribution is -2.69. The van der Waals surface area contributed by atoms with Gasteiger partial charge >= 0.3 is 0 Å². The Kier molecular flexibility index (Phi) is 2.63. The van der Waals surface area contributed by atoms with Crippen LogP contribution in [0.25, 0.3) is 0 Å². The number of fused-ring (bicyclic) bond motifs is 1. The quantitative estimate of drug-likeness (QED) is 0.800. The molecule has 0 spiro atoms. The number of nitrogens with one attached hydrogen (secondary N) is 2. The number of ether oxygens (including phenoxy) is 1. The number of nitrogens with zero attached hydrogens (tertiary/aromatic N) is 3. The van der Waals surface area contributed by atoms with E-state index in [4.69, 9.17) is 4.74 Å². The summed E-state index contributed by atoms with van der Waals surface area (Å²) in [4.78, 5) is 0. The van der Waals surface area contributed by atoms with E-state index in [1.165, 1.54) is 12.8 Å². The molecule has 0 radical (unpaired) electrons. The first-order valence-corrected chi connectivity index (χ1v) is 6.27. The normalized spacial score (nSPS) is 35.1. The van der Waals surface area contributed by atoms with Crippen molar-refractivity contribution in [3.8, 4) is 0 Å². The van der Waals surface area contributed by atoms with Crippen molar-refractivity contribution < 1.29 is 4.74 Å². The van der Waals surface area contributed by atoms with Crippen LogP contribution in [-0.4, -0.2) is 39.4 Å². The molecule has 1 aliphatic carbocycles. The molecular weight excluding hydrogens is 218 g/mol. The predicted octanol–water partition coefficient (Wildman–Crippen LogP) is 0.493. The molecule has 0 amide bonds. The summed E-state index contributed by atoms with van der Waals surface area (Å²) in [5, 5.41) is 17.5. The van der Waals surface area contributed by atoms with Gasteiger partial charge in [-0.05, 0) is 12.8 Å². The van der Waals surface area contributed by atoms with Gasteiger partial charge < -0.3 is 10.1 Å². The average Bonchev–Trinajstić information content (AvgIpc) is 2.82. The molecule has 94 valence electrons. The van der Waals surface area contributed by atoms with E-state index < -0.39 is 0 Å². The van der Waals surface area contributed by atoms with Crippen LogP contribution in [0.3, 0.4) is 0 Å². The zero-order valence-electron chi connectivity index (χ0n) is 10.3. The van der Waals surface area contributed by atoms with E-state index in [1.807, 2.05) is 0 Å². The molecular formula is C11H19N5O. The second-order valence-electron chi connectivity index (χ2n) is 5.61. The second kappa shape index (κ2) is 4.03. The summed E-state index contributed by atoms with van der Waals surface area (Å²) in [6.07, 6.45) is 2.86. The van der Waals surface area contributed by atoms with Gasteiger partial charge in [0.05, 0.1) is 12.6 Å². The Hall–Kier alpha value is -1.01. The largest absolute Gasteiger partial charge is 0.377 e. The smallest absolute Gasteiger partial charge is 0.188 e. The van der Waals surface area contributed by atoms with Crippen molar-refractivity contribution in [3.63, 3.8) is 0 Å². The summed E-state index contributed by atoms with van der Waals surface area (Å²) in [7, 11) is 0. The van der Waals surface area contributed by atoms with E-state index in [0.29, 0.717) is 24.6 Å². The Morgan fingerprint density at radius 2 is 2.41 bits per heavy atom. The van der Waals surface area contributed by atoms with Crippen LogP contribution in [0, 0.1) is 11.3 Å². The summed E-state index contributed by atoms with van der Waals surface area (Å²) >= 11 is 0. The molecule has 1 saturated heterocycles. The molecule has 2 aliphatic rings. The van der Waals surface area contributed by atoms with Gasteiger partial charge in [0.25, 0.3) is 0 Å². The lowest BCUT2D eigenvalue weighted by molar-refractivity contribution is -0.193. The van der Waals surface area contributed by atoms with E-state index in [0.717, 1.165) is 12.4 Å². The van der Waals surface area contributed by atoms with Gasteiger partial charge in [0, 0.05) is 24.0 Å². The third-order valence-electron chi connectivity index (χ3n) is 4.20. The molecule has 3 unspecified atom stereocenters. The maximum absolute atomic E-state index is 5.87. The number of aromatic nitrogens is 4. The third kappa shape index (κ3) is 1.75. The topological polar surface area (TPSA) is 75.7 Å². The van der Waals surface area contributed by atoms with E-state index in [1.54, 1.807) is 0 Å². The van der Waals surface area contributed by atoms with Gasteiger partial charge in [0.2, 0.25) is 0 Å². The summed E-state index contributed by atoms with van der Waals surface area (Å²) in [6.45, 7) is 6.14. The number of tetrazole rings is 1. The van der Waals surface area contributed by atoms with Crippen molar-refractivity contribution in [2.75, 3.05) is 6.61 Å². The zero-order chi connectivity index (χ0) is 11.9. The van der Waals surface area contributed by atoms with Gasteiger partial charge in [-0.15, -0.1) is 10.2 Å². The summed E-state index contributed by atoms with van der Waals surface area (Å²) in [5.41, 5.74) is 0.203. The number of aromatic amines is 1. The Morgan fingerprint density at radius 3 is 3.18 bits per heavy atom. The SMILES string of the molecule is CC1(C)C(NCc2nn[nH]n2)C2CCCOC21. The summed E-state index contributed by atoms with van der Waals surface area (Å²) in [6, 6.07) is 0.492. The second-order valence-corrected chi connectivity index (χ2v) is 5.61. The van der Waals surface area contributed by atoms with Crippen LogP contribution in [0.2, 0.25) is 0 Å². The van der Waals surface area contributed by atoms with Gasteiger partial charge in [-0.1, -0.05) is 19.1 Å². The van der Waals surface area contributed by atoms with Gasteiger partial charge in [0.1, 0.15) is 0 Å². The fourth-order valence-electron chi connectivity index (χ4n) is 3.40. The van der Waals surface area contributed by atoms with Gasteiger partial charge in [-0.2, -0.15) is 5.21 Å². The molecule has 1 aromatic rings. The average molecular weight is 237 g/mol. The molecule has 6 heteroatoms. The van der Waals surface area contributed by atoms with Crippen molar-refractivity contribution >= 4 is 0 Å². The monoisotopic (exact) mass is 237 g/mol. The highest BCUT2D eigenvalue weighted by molar-refractivity contribution is 5.10. The number of rotatable bonds is 3. The highest BCUT2D eigenvalue weighted by Crippen LogP contribution is 2.51. The fraction of sp³-hybridized carbons (Fsp3) is 0.909. The van der Waals surface area contributed by atoms with E-state index >= 15 is 0 Å². The molecule has 1 aliphatic heterocycles. The van der Waals surface area contributed by atoms with Crippen molar-refractivity contribution in [1.29, 1.82) is 0 Å². The fourth-order valence-corrected chi connectivity index (χ4v) is 3.40. The first kappa shape index (κ1) is 11.1. The molecule has 3 atom stereocenters. The third-order valence-corrected chi connectivity index (χ3v) is 4.20. The molecule has 6 nitrogen and oxygen atoms in total. The standard InChI is InChI=1S/C11H19N5O/c1-11(2)9(7-4-3-5-17-10(7)11)12-6-8-13-15-16-14-8/h7,9-10,12H,3-6H2,1-2H3,(H,13,14,15,16). The summed E-state index contributed by atoms with van der Waals surface area (Å²) in [5.74, 6) is 1.37. The molecule has 1 saturated carbocycles. The van der Waals surface area contributed by atoms with Crippen molar-refractivity contribution in [2.45, 2.75) is 45.4 Å². The predicted molar refractivity (Wildman–Crippen MR) is 61.1 cm³/mol. The van der Waals surface area contributed by atoms with Crippen LogP contribution < -0.4 is 5.32 Å². The highest BCUT2D eigenvalue weighted by atomic mass is 16.5. The van der Waals surface area contributed by atoms with E-state index in [-0.39, 0.29) is 5.41 Å². The Labute approximate surface area is 101 Å². The van der Waals surface area contributed by atoms with Crippen molar-refractivity contribution in [3.05, 3.63) is 5.82 Å². The molecule has 2 fully saturated rings. The molecule has 17 heavy (non-hydrogen) atoms. The lowest BCUT2D eigenvalue weighted by atomic mass is 9.55. The van der Waals surface area contributed by atoms with Gasteiger partial charge in [-0.3, -0.25) is 0 Å². The van der Waals surface area contributed by atoms with Crippen LogP contribution in [-0.2, 0) is 11.3 Å². The molecule has 3 rings (SSSR count). The maximum Gasteiger partial charge on any atom is 0.188 e. The summed E-state index contributed by atoms with van der Waals surface area (Å²) < 4.78 is 5.87. The number of hydrogen-bond donors (Lipinski definition) is 2. The van der Waals surface area contributed by atoms with Crippen LogP contribution in [0.1, 0.15) is 32.5 Å². The van der Waals surface area contributed by atoms with Crippen LogP contribution in [0.5, 0.6) is 0 Å². The zero-order valence-corrected chi connectivity index (χ0v) is 10.3. The van der Waals surface area contributed by atoms with E-state index in [2.05, 4.69) is 39.8 Å². The van der Waals surface area contributed by atoms with Crippen molar-refractivity contribution in [2.24, 2.45) is 11.3 Å². The minimum Gasteiger partial charge on any atom is -0.377 e. The molecule has 0 bridgehead atoms. The Bertz CT molecular complexity index is 377.